The molecule has 0 aliphatic carbocycles. The molecule has 154 valence electrons. The summed E-state index contributed by atoms with van der Waals surface area (Å²) in [5, 5.41) is 1.39. The number of hydrogen-bond acceptors (Lipinski definition) is 5. The van der Waals surface area contributed by atoms with Crippen molar-refractivity contribution < 1.29 is 4.79 Å². The molecule has 1 heterocycles. The third-order valence-electron chi connectivity index (χ3n) is 4.74. The van der Waals surface area contributed by atoms with Gasteiger partial charge in [0.05, 0.1) is 10.2 Å². The average molecular weight is 448 g/mol. The Hall–Kier alpha value is -1.60. The summed E-state index contributed by atoms with van der Waals surface area (Å²) in [7, 11) is 0. The van der Waals surface area contributed by atoms with E-state index >= 15 is 0 Å². The average Bonchev–Trinajstić information content (AvgIpc) is 3.14. The summed E-state index contributed by atoms with van der Waals surface area (Å²) in [6, 6.07) is 13.5. The Morgan fingerprint density at radius 1 is 1.10 bits per heavy atom. The Morgan fingerprint density at radius 2 is 1.90 bits per heavy atom. The van der Waals surface area contributed by atoms with Gasteiger partial charge < -0.3 is 4.90 Å². The minimum Gasteiger partial charge on any atom is -0.302 e. The van der Waals surface area contributed by atoms with E-state index in [2.05, 4.69) is 25.7 Å². The number of nitrogens with zero attached hydrogens (tertiary/aromatic N) is 3. The molecule has 0 unspecified atom stereocenters. The molecule has 0 saturated carbocycles. The number of benzene rings is 2. The molecule has 0 aliphatic rings. The zero-order chi connectivity index (χ0) is 20.8. The summed E-state index contributed by atoms with van der Waals surface area (Å²) >= 11 is 9.39. The van der Waals surface area contributed by atoms with Gasteiger partial charge in [0.2, 0.25) is 0 Å². The van der Waals surface area contributed by atoms with E-state index < -0.39 is 0 Å². The zero-order valence-corrected chi connectivity index (χ0v) is 19.4. The van der Waals surface area contributed by atoms with Crippen molar-refractivity contribution in [2.45, 2.75) is 25.7 Å². The summed E-state index contributed by atoms with van der Waals surface area (Å²) in [5.74, 6) is 0.961. The van der Waals surface area contributed by atoms with Crippen LogP contribution in [0.3, 0.4) is 0 Å². The van der Waals surface area contributed by atoms with Crippen LogP contribution in [0.15, 0.2) is 47.4 Å². The van der Waals surface area contributed by atoms with Crippen LogP contribution in [0.4, 0.5) is 5.13 Å². The van der Waals surface area contributed by atoms with Gasteiger partial charge in [-0.1, -0.05) is 49.8 Å². The largest absolute Gasteiger partial charge is 0.302 e. The Bertz CT molecular complexity index is 972. The van der Waals surface area contributed by atoms with Crippen LogP contribution in [0.25, 0.3) is 10.2 Å². The lowest BCUT2D eigenvalue weighted by Crippen LogP contribution is -2.38. The first kappa shape index (κ1) is 22.1. The maximum Gasteiger partial charge on any atom is 0.260 e. The van der Waals surface area contributed by atoms with Crippen LogP contribution in [-0.4, -0.2) is 47.7 Å². The number of likely N-dealkylation sites (N-methyl/N-ethyl adjacent to an activating group) is 1. The first-order chi connectivity index (χ1) is 14.0. The lowest BCUT2D eigenvalue weighted by atomic mass is 10.2. The molecule has 7 heteroatoms. The van der Waals surface area contributed by atoms with Crippen molar-refractivity contribution in [2.75, 3.05) is 36.8 Å². The van der Waals surface area contributed by atoms with E-state index in [1.54, 1.807) is 11.8 Å². The van der Waals surface area contributed by atoms with Crippen LogP contribution in [0, 0.1) is 0 Å². The molecule has 0 N–H and O–H groups in total. The number of thiazole rings is 1. The third kappa shape index (κ3) is 5.51. The van der Waals surface area contributed by atoms with Crippen molar-refractivity contribution in [2.24, 2.45) is 0 Å². The zero-order valence-electron chi connectivity index (χ0n) is 17.0. The lowest BCUT2D eigenvalue weighted by Gasteiger charge is -2.25. The second kappa shape index (κ2) is 10.4. The van der Waals surface area contributed by atoms with E-state index in [9.17, 15) is 4.79 Å². The van der Waals surface area contributed by atoms with Crippen molar-refractivity contribution in [1.82, 2.24) is 9.88 Å². The molecule has 0 atom stereocenters. The molecule has 3 rings (SSSR count). The Morgan fingerprint density at radius 3 is 2.62 bits per heavy atom. The highest BCUT2D eigenvalue weighted by Crippen LogP contribution is 2.32. The third-order valence-corrected chi connectivity index (χ3v) is 6.89. The molecule has 1 aromatic heterocycles. The summed E-state index contributed by atoms with van der Waals surface area (Å²) < 4.78 is 0.989. The fourth-order valence-electron chi connectivity index (χ4n) is 3.11. The molecule has 1 amide bonds. The maximum absolute atomic E-state index is 13.5. The fourth-order valence-corrected chi connectivity index (χ4v) is 5.09. The molecule has 3 aromatic rings. The fraction of sp³-hybridized carbons (Fsp3) is 0.364. The topological polar surface area (TPSA) is 36.4 Å². The highest BCUT2D eigenvalue weighted by molar-refractivity contribution is 7.99. The number of carbonyl (C=O) groups excluding carboxylic acids is 1. The van der Waals surface area contributed by atoms with Gasteiger partial charge in [-0.25, -0.2) is 4.98 Å². The number of carbonyl (C=O) groups is 1. The minimum atomic E-state index is -0.0131. The van der Waals surface area contributed by atoms with E-state index in [1.807, 2.05) is 47.4 Å². The van der Waals surface area contributed by atoms with Crippen LogP contribution in [0.2, 0.25) is 5.02 Å². The Kier molecular flexibility index (Phi) is 7.95. The van der Waals surface area contributed by atoms with E-state index in [4.69, 9.17) is 16.6 Å². The molecule has 0 radical (unpaired) electrons. The maximum atomic E-state index is 13.5. The van der Waals surface area contributed by atoms with Gasteiger partial charge in [0.15, 0.2) is 5.13 Å². The second-order valence-corrected chi connectivity index (χ2v) is 9.34. The van der Waals surface area contributed by atoms with Gasteiger partial charge in [0, 0.05) is 28.6 Å². The standard InChI is InChI=1S/C22H26ClN3OS2/c1-4-25(5-2)12-13-26(21(27)16-8-7-9-18(14-16)28-6-3)22-24-19-11-10-17(23)15-20(19)29-22/h7-11,14-15H,4-6,12-13H2,1-3H3. The number of fused-ring (bicyclic) bond motifs is 1. The quantitative estimate of drug-likeness (QED) is 0.374. The highest BCUT2D eigenvalue weighted by atomic mass is 35.5. The molecule has 0 saturated heterocycles. The number of thioether (sulfide) groups is 1. The number of hydrogen-bond donors (Lipinski definition) is 0. The number of amides is 1. The summed E-state index contributed by atoms with van der Waals surface area (Å²) in [4.78, 5) is 23.4. The van der Waals surface area contributed by atoms with Gasteiger partial charge >= 0.3 is 0 Å². The Balaban J connectivity index is 1.95. The van der Waals surface area contributed by atoms with Gasteiger partial charge in [-0.2, -0.15) is 0 Å². The molecular formula is C22H26ClN3OS2. The summed E-state index contributed by atoms with van der Waals surface area (Å²) in [5.41, 5.74) is 1.56. The molecular weight excluding hydrogens is 422 g/mol. The van der Waals surface area contributed by atoms with Crippen LogP contribution < -0.4 is 4.90 Å². The van der Waals surface area contributed by atoms with Gasteiger partial charge in [-0.3, -0.25) is 9.69 Å². The highest BCUT2D eigenvalue weighted by Gasteiger charge is 2.22. The lowest BCUT2D eigenvalue weighted by molar-refractivity contribution is 0.0983. The predicted octanol–water partition coefficient (Wildman–Crippen LogP) is 6.05. The van der Waals surface area contributed by atoms with Crippen molar-refractivity contribution >= 4 is 56.0 Å². The van der Waals surface area contributed by atoms with Gasteiger partial charge in [0.25, 0.3) is 5.91 Å². The smallest absolute Gasteiger partial charge is 0.260 e. The molecule has 0 bridgehead atoms. The number of anilines is 1. The van der Waals surface area contributed by atoms with Gasteiger partial charge in [-0.05, 0) is 55.2 Å². The van der Waals surface area contributed by atoms with Crippen LogP contribution in [0.1, 0.15) is 31.1 Å². The molecule has 0 fully saturated rings. The SMILES string of the molecule is CCSc1cccc(C(=O)N(CCN(CC)CC)c2nc3ccc(Cl)cc3s2)c1. The van der Waals surface area contributed by atoms with Crippen LogP contribution in [0.5, 0.6) is 0 Å². The summed E-state index contributed by atoms with van der Waals surface area (Å²) in [6.45, 7) is 9.70. The number of aromatic nitrogens is 1. The van der Waals surface area contributed by atoms with Crippen molar-refractivity contribution in [3.05, 3.63) is 53.1 Å². The molecule has 0 spiro atoms. The number of rotatable bonds is 9. The van der Waals surface area contributed by atoms with Gasteiger partial charge in [-0.15, -0.1) is 11.8 Å². The Labute approximate surface area is 185 Å². The van der Waals surface area contributed by atoms with Crippen molar-refractivity contribution in [1.29, 1.82) is 0 Å². The normalized spacial score (nSPS) is 11.3. The summed E-state index contributed by atoms with van der Waals surface area (Å²) in [6.07, 6.45) is 0. The molecule has 4 nitrogen and oxygen atoms in total. The van der Waals surface area contributed by atoms with Crippen molar-refractivity contribution in [3.8, 4) is 0 Å². The molecule has 2 aromatic carbocycles. The minimum absolute atomic E-state index is 0.0131. The van der Waals surface area contributed by atoms with E-state index in [-0.39, 0.29) is 5.91 Å². The van der Waals surface area contributed by atoms with Crippen LogP contribution >= 0.6 is 34.7 Å². The van der Waals surface area contributed by atoms with E-state index in [0.717, 1.165) is 40.5 Å². The van der Waals surface area contributed by atoms with E-state index in [1.165, 1.54) is 11.3 Å². The first-order valence-corrected chi connectivity index (χ1v) is 12.1. The van der Waals surface area contributed by atoms with Crippen LogP contribution in [-0.2, 0) is 0 Å². The predicted molar refractivity (Wildman–Crippen MR) is 127 cm³/mol. The number of halogens is 1. The van der Waals surface area contributed by atoms with E-state index in [0.29, 0.717) is 22.3 Å². The molecule has 0 aliphatic heterocycles. The first-order valence-electron chi connectivity index (χ1n) is 9.88. The second-order valence-electron chi connectivity index (χ2n) is 6.55. The monoisotopic (exact) mass is 447 g/mol. The molecule has 29 heavy (non-hydrogen) atoms. The van der Waals surface area contributed by atoms with Gasteiger partial charge in [0.1, 0.15) is 0 Å². The van der Waals surface area contributed by atoms with Crippen molar-refractivity contribution in [3.63, 3.8) is 0 Å².